The van der Waals surface area contributed by atoms with Crippen LogP contribution < -0.4 is 5.73 Å². The smallest absolute Gasteiger partial charge is 0.240 e. The van der Waals surface area contributed by atoms with E-state index in [9.17, 15) is 4.79 Å². The van der Waals surface area contributed by atoms with Gasteiger partial charge in [-0.25, -0.2) is 0 Å². The van der Waals surface area contributed by atoms with Gasteiger partial charge in [0.25, 0.3) is 0 Å². The van der Waals surface area contributed by atoms with E-state index in [1.807, 2.05) is 6.07 Å². The number of carbonyl (C=O) groups is 1. The molecule has 0 aromatic heterocycles. The number of piperidine rings is 1. The lowest BCUT2D eigenvalue weighted by Crippen LogP contribution is -2.44. The number of likely N-dealkylation sites (tertiary alicyclic amines) is 1. The number of carbonyl (C=O) groups excluding carboxylic acids is 1. The van der Waals surface area contributed by atoms with Crippen LogP contribution in [0.1, 0.15) is 36.1 Å². The quantitative estimate of drug-likeness (QED) is 0.913. The van der Waals surface area contributed by atoms with Crippen molar-refractivity contribution >= 4 is 17.7 Å². The summed E-state index contributed by atoms with van der Waals surface area (Å²) >= 11 is 1.80. The summed E-state index contributed by atoms with van der Waals surface area (Å²) in [6.45, 7) is 3.81. The van der Waals surface area contributed by atoms with Crippen LogP contribution in [0, 0.1) is 5.92 Å². The van der Waals surface area contributed by atoms with Gasteiger partial charge < -0.3 is 10.6 Å². The van der Waals surface area contributed by atoms with Crippen molar-refractivity contribution < 1.29 is 4.79 Å². The molecule has 2 aliphatic heterocycles. The van der Waals surface area contributed by atoms with Crippen molar-refractivity contribution in [2.45, 2.75) is 37.5 Å². The van der Waals surface area contributed by atoms with Crippen molar-refractivity contribution in [3.63, 3.8) is 0 Å². The number of amides is 1. The van der Waals surface area contributed by atoms with Crippen molar-refractivity contribution in [3.8, 4) is 0 Å². The molecule has 1 aromatic rings. The molecule has 2 atom stereocenters. The third-order valence-corrected chi connectivity index (χ3v) is 6.04. The van der Waals surface area contributed by atoms with Gasteiger partial charge in [0.05, 0.1) is 0 Å². The Hall–Kier alpha value is -1.00. The molecule has 1 saturated heterocycles. The van der Waals surface area contributed by atoms with Crippen LogP contribution in [0.3, 0.4) is 0 Å². The largest absolute Gasteiger partial charge is 0.341 e. The molecule has 21 heavy (non-hydrogen) atoms. The van der Waals surface area contributed by atoms with Gasteiger partial charge in [-0.15, -0.1) is 11.8 Å². The lowest BCUT2D eigenvalue weighted by Gasteiger charge is -2.36. The highest BCUT2D eigenvalue weighted by Gasteiger charge is 2.32. The van der Waals surface area contributed by atoms with Gasteiger partial charge in [0.1, 0.15) is 5.25 Å². The van der Waals surface area contributed by atoms with Gasteiger partial charge in [0.2, 0.25) is 5.91 Å². The summed E-state index contributed by atoms with van der Waals surface area (Å²) in [7, 11) is 0. The first kappa shape index (κ1) is 14.9. The van der Waals surface area contributed by atoms with Gasteiger partial charge in [-0.3, -0.25) is 4.79 Å². The summed E-state index contributed by atoms with van der Waals surface area (Å²) in [5.74, 6) is 1.92. The summed E-state index contributed by atoms with van der Waals surface area (Å²) in [5, 5.41) is 0.00167. The molecule has 0 radical (unpaired) electrons. The molecular formula is C17H24N2OS. The van der Waals surface area contributed by atoms with Gasteiger partial charge in [0, 0.05) is 19.1 Å². The molecule has 1 aromatic carbocycles. The van der Waals surface area contributed by atoms with Crippen molar-refractivity contribution in [1.82, 2.24) is 4.90 Å². The van der Waals surface area contributed by atoms with Crippen molar-refractivity contribution in [1.29, 1.82) is 0 Å². The highest BCUT2D eigenvalue weighted by atomic mass is 32.2. The minimum Gasteiger partial charge on any atom is -0.341 e. The van der Waals surface area contributed by atoms with Crippen LogP contribution >= 0.6 is 11.8 Å². The number of hydrogen-bond acceptors (Lipinski definition) is 3. The number of aryl methyl sites for hydroxylation is 1. The van der Waals surface area contributed by atoms with Gasteiger partial charge in [-0.2, -0.15) is 0 Å². The minimum atomic E-state index is 0.00167. The number of nitrogens with zero attached hydrogens (tertiary/aromatic N) is 1. The molecule has 2 aliphatic rings. The summed E-state index contributed by atoms with van der Waals surface area (Å²) in [6, 6.07) is 8.65. The molecule has 2 N–H and O–H groups in total. The van der Waals surface area contributed by atoms with E-state index >= 15 is 0 Å². The second kappa shape index (κ2) is 6.41. The van der Waals surface area contributed by atoms with E-state index in [-0.39, 0.29) is 11.3 Å². The molecule has 2 unspecified atom stereocenters. The van der Waals surface area contributed by atoms with E-state index in [4.69, 9.17) is 5.73 Å². The first-order chi connectivity index (χ1) is 10.2. The maximum atomic E-state index is 12.9. The first-order valence-electron chi connectivity index (χ1n) is 7.90. The zero-order chi connectivity index (χ0) is 14.8. The van der Waals surface area contributed by atoms with E-state index < -0.39 is 0 Å². The lowest BCUT2D eigenvalue weighted by atomic mass is 9.90. The average molecular weight is 304 g/mol. The Kier molecular flexibility index (Phi) is 4.55. The number of rotatable bonds is 2. The Labute approximate surface area is 131 Å². The molecule has 4 heteroatoms. The monoisotopic (exact) mass is 304 g/mol. The number of thioether (sulfide) groups is 1. The average Bonchev–Trinajstić information content (AvgIpc) is 2.53. The molecule has 0 saturated carbocycles. The fourth-order valence-corrected chi connectivity index (χ4v) is 4.68. The molecule has 3 rings (SSSR count). The topological polar surface area (TPSA) is 46.3 Å². The Morgan fingerprint density at radius 1 is 1.33 bits per heavy atom. The zero-order valence-corrected chi connectivity index (χ0v) is 13.4. The summed E-state index contributed by atoms with van der Waals surface area (Å²) in [5.41, 5.74) is 8.56. The van der Waals surface area contributed by atoms with E-state index in [2.05, 4.69) is 30.0 Å². The Morgan fingerprint density at radius 3 is 2.76 bits per heavy atom. The maximum absolute atomic E-state index is 12.9. The van der Waals surface area contributed by atoms with Gasteiger partial charge >= 0.3 is 0 Å². The predicted molar refractivity (Wildman–Crippen MR) is 88.3 cm³/mol. The highest BCUT2D eigenvalue weighted by molar-refractivity contribution is 8.00. The SMILES string of the molecule is CC(N)C1CCN(C(=O)C2SCCc3ccccc32)CC1. The van der Waals surface area contributed by atoms with Crippen LogP contribution in [0.5, 0.6) is 0 Å². The molecule has 114 valence electrons. The molecular weight excluding hydrogens is 280 g/mol. The number of fused-ring (bicyclic) bond motifs is 1. The summed E-state index contributed by atoms with van der Waals surface area (Å²) in [4.78, 5) is 14.9. The second-order valence-electron chi connectivity index (χ2n) is 6.22. The molecule has 3 nitrogen and oxygen atoms in total. The van der Waals surface area contributed by atoms with Crippen molar-refractivity contribution in [3.05, 3.63) is 35.4 Å². The minimum absolute atomic E-state index is 0.00167. The molecule has 0 aliphatic carbocycles. The van der Waals surface area contributed by atoms with Gasteiger partial charge in [0.15, 0.2) is 0 Å². The zero-order valence-electron chi connectivity index (χ0n) is 12.6. The molecule has 1 fully saturated rings. The molecule has 0 spiro atoms. The van der Waals surface area contributed by atoms with Gasteiger partial charge in [-0.1, -0.05) is 24.3 Å². The number of nitrogens with two attached hydrogens (primary N) is 1. The third kappa shape index (κ3) is 3.11. The van der Waals surface area contributed by atoms with Crippen molar-refractivity contribution in [2.24, 2.45) is 11.7 Å². The van der Waals surface area contributed by atoms with E-state index in [1.54, 1.807) is 11.8 Å². The fraction of sp³-hybridized carbons (Fsp3) is 0.588. The van der Waals surface area contributed by atoms with Crippen LogP contribution in [0.2, 0.25) is 0 Å². The standard InChI is InChI=1S/C17H24N2OS/c1-12(18)13-6-9-19(10-7-13)17(20)16-15-5-3-2-4-14(15)8-11-21-16/h2-5,12-13,16H,6-11,18H2,1H3. The van der Waals surface area contributed by atoms with Crippen LogP contribution in [0.25, 0.3) is 0 Å². The van der Waals surface area contributed by atoms with Crippen LogP contribution in [-0.2, 0) is 11.2 Å². The Morgan fingerprint density at radius 2 is 2.05 bits per heavy atom. The third-order valence-electron chi connectivity index (χ3n) is 4.81. The van der Waals surface area contributed by atoms with Crippen molar-refractivity contribution in [2.75, 3.05) is 18.8 Å². The van der Waals surface area contributed by atoms with Gasteiger partial charge in [-0.05, 0) is 49.0 Å². The van der Waals surface area contributed by atoms with E-state index in [0.29, 0.717) is 11.8 Å². The lowest BCUT2D eigenvalue weighted by molar-refractivity contribution is -0.132. The highest BCUT2D eigenvalue weighted by Crippen LogP contribution is 2.38. The maximum Gasteiger partial charge on any atom is 0.240 e. The molecule has 0 bridgehead atoms. The number of benzene rings is 1. The van der Waals surface area contributed by atoms with E-state index in [1.165, 1.54) is 11.1 Å². The normalized spacial score (nSPS) is 24.5. The second-order valence-corrected chi connectivity index (χ2v) is 7.43. The first-order valence-corrected chi connectivity index (χ1v) is 8.95. The fourth-order valence-electron chi connectivity index (χ4n) is 3.41. The van der Waals surface area contributed by atoms with Crippen LogP contribution in [-0.4, -0.2) is 35.7 Å². The number of hydrogen-bond donors (Lipinski definition) is 1. The summed E-state index contributed by atoms with van der Waals surface area (Å²) < 4.78 is 0. The van der Waals surface area contributed by atoms with E-state index in [0.717, 1.165) is 38.1 Å². The molecule has 1 amide bonds. The van der Waals surface area contributed by atoms with Crippen LogP contribution in [0.4, 0.5) is 0 Å². The molecule has 2 heterocycles. The Balaban J connectivity index is 1.70. The predicted octanol–water partition coefficient (Wildman–Crippen LogP) is 2.60. The Bertz CT molecular complexity index is 509. The summed E-state index contributed by atoms with van der Waals surface area (Å²) in [6.07, 6.45) is 3.17. The van der Waals surface area contributed by atoms with Crippen LogP contribution in [0.15, 0.2) is 24.3 Å².